The van der Waals surface area contributed by atoms with Crippen LogP contribution in [0.1, 0.15) is 23.7 Å². The summed E-state index contributed by atoms with van der Waals surface area (Å²) < 4.78 is 10.5. The molecule has 0 saturated carbocycles. The van der Waals surface area contributed by atoms with Crippen molar-refractivity contribution in [1.82, 2.24) is 4.90 Å². The Morgan fingerprint density at radius 1 is 1.32 bits per heavy atom. The number of hydrogen-bond donors (Lipinski definition) is 1. The number of carbonyl (C=O) groups excluding carboxylic acids is 1. The quantitative estimate of drug-likeness (QED) is 0.705. The Balaban J connectivity index is 2.63. The summed E-state index contributed by atoms with van der Waals surface area (Å²) in [6, 6.07) is 6.88. The molecule has 0 radical (unpaired) electrons. The van der Waals surface area contributed by atoms with Gasteiger partial charge in [-0.25, -0.2) is 0 Å². The standard InChI is InChI=1S/C16H23NO5/c1-12(16(19)20)11-17(2)15(18)13-6-4-7-14(10-13)22-9-5-8-21-3/h4,6-7,10,12H,5,8-9,11H2,1-3H3,(H,19,20). The number of carboxylic acid groups (broad SMARTS) is 1. The van der Waals surface area contributed by atoms with Crippen LogP contribution >= 0.6 is 0 Å². The minimum Gasteiger partial charge on any atom is -0.493 e. The minimum atomic E-state index is -0.921. The highest BCUT2D eigenvalue weighted by Gasteiger charge is 2.18. The van der Waals surface area contributed by atoms with Crippen LogP contribution in [0.15, 0.2) is 24.3 Å². The average Bonchev–Trinajstić information content (AvgIpc) is 2.51. The molecule has 0 aliphatic carbocycles. The Labute approximate surface area is 130 Å². The highest BCUT2D eigenvalue weighted by atomic mass is 16.5. The summed E-state index contributed by atoms with van der Waals surface area (Å²) in [5.74, 6) is -1.14. The van der Waals surface area contributed by atoms with Gasteiger partial charge in [0.05, 0.1) is 12.5 Å². The van der Waals surface area contributed by atoms with Gasteiger partial charge in [-0.05, 0) is 18.2 Å². The summed E-state index contributed by atoms with van der Waals surface area (Å²) in [7, 11) is 3.22. The Morgan fingerprint density at radius 3 is 2.68 bits per heavy atom. The van der Waals surface area contributed by atoms with Crippen LogP contribution < -0.4 is 4.74 Å². The summed E-state index contributed by atoms with van der Waals surface area (Å²) in [5, 5.41) is 8.90. The van der Waals surface area contributed by atoms with Crippen molar-refractivity contribution in [3.05, 3.63) is 29.8 Å². The monoisotopic (exact) mass is 309 g/mol. The topological polar surface area (TPSA) is 76.1 Å². The van der Waals surface area contributed by atoms with Crippen LogP contribution in [0.25, 0.3) is 0 Å². The molecule has 6 nitrogen and oxygen atoms in total. The van der Waals surface area contributed by atoms with Gasteiger partial charge in [-0.3, -0.25) is 9.59 Å². The number of hydrogen-bond acceptors (Lipinski definition) is 4. The second-order valence-electron chi connectivity index (χ2n) is 5.15. The van der Waals surface area contributed by atoms with Crippen molar-refractivity contribution >= 4 is 11.9 Å². The van der Waals surface area contributed by atoms with E-state index >= 15 is 0 Å². The first kappa shape index (κ1) is 18.0. The van der Waals surface area contributed by atoms with Crippen molar-refractivity contribution in [1.29, 1.82) is 0 Å². The predicted octanol–water partition coefficient (Wildman–Crippen LogP) is 1.89. The molecular weight excluding hydrogens is 286 g/mol. The summed E-state index contributed by atoms with van der Waals surface area (Å²) in [5.41, 5.74) is 0.476. The molecule has 0 saturated heterocycles. The largest absolute Gasteiger partial charge is 0.493 e. The third-order valence-electron chi connectivity index (χ3n) is 3.16. The first-order chi connectivity index (χ1) is 10.5. The van der Waals surface area contributed by atoms with E-state index in [-0.39, 0.29) is 12.5 Å². The fourth-order valence-corrected chi connectivity index (χ4v) is 1.90. The van der Waals surface area contributed by atoms with Gasteiger partial charge < -0.3 is 19.5 Å². The molecule has 0 fully saturated rings. The van der Waals surface area contributed by atoms with Gasteiger partial charge in [-0.2, -0.15) is 0 Å². The van der Waals surface area contributed by atoms with E-state index in [1.54, 1.807) is 45.3 Å². The molecule has 0 bridgehead atoms. The highest BCUT2D eigenvalue weighted by molar-refractivity contribution is 5.94. The summed E-state index contributed by atoms with van der Waals surface area (Å²) >= 11 is 0. The van der Waals surface area contributed by atoms with Crippen molar-refractivity contribution in [2.45, 2.75) is 13.3 Å². The van der Waals surface area contributed by atoms with E-state index in [4.69, 9.17) is 14.6 Å². The molecule has 1 atom stereocenters. The molecular formula is C16H23NO5. The molecule has 1 aromatic carbocycles. The van der Waals surface area contributed by atoms with E-state index in [0.29, 0.717) is 24.5 Å². The Morgan fingerprint density at radius 2 is 2.05 bits per heavy atom. The molecule has 0 aromatic heterocycles. The molecule has 6 heteroatoms. The van der Waals surface area contributed by atoms with Gasteiger partial charge in [0.2, 0.25) is 0 Å². The molecule has 1 unspecified atom stereocenters. The molecule has 0 aliphatic heterocycles. The lowest BCUT2D eigenvalue weighted by atomic mass is 10.1. The molecule has 22 heavy (non-hydrogen) atoms. The summed E-state index contributed by atoms with van der Waals surface area (Å²) in [6.45, 7) is 2.86. The number of nitrogens with zero attached hydrogens (tertiary/aromatic N) is 1. The fourth-order valence-electron chi connectivity index (χ4n) is 1.90. The molecule has 1 rings (SSSR count). The number of benzene rings is 1. The number of aliphatic carboxylic acids is 1. The van der Waals surface area contributed by atoms with Crippen LogP contribution in [0.4, 0.5) is 0 Å². The summed E-state index contributed by atoms with van der Waals surface area (Å²) in [6.07, 6.45) is 0.769. The third kappa shape index (κ3) is 5.73. The maximum atomic E-state index is 12.3. The third-order valence-corrected chi connectivity index (χ3v) is 3.16. The van der Waals surface area contributed by atoms with Gasteiger partial charge in [0, 0.05) is 39.3 Å². The van der Waals surface area contributed by atoms with Crippen molar-refractivity contribution < 1.29 is 24.2 Å². The second kappa shape index (κ2) is 9.04. The van der Waals surface area contributed by atoms with Gasteiger partial charge in [-0.15, -0.1) is 0 Å². The van der Waals surface area contributed by atoms with E-state index in [0.717, 1.165) is 6.42 Å². The minimum absolute atomic E-state index is 0.160. The van der Waals surface area contributed by atoms with E-state index < -0.39 is 11.9 Å². The van der Waals surface area contributed by atoms with Gasteiger partial charge >= 0.3 is 5.97 Å². The van der Waals surface area contributed by atoms with E-state index in [9.17, 15) is 9.59 Å². The van der Waals surface area contributed by atoms with Crippen molar-refractivity contribution in [2.75, 3.05) is 33.9 Å². The molecule has 0 spiro atoms. The Hall–Kier alpha value is -2.08. The fraction of sp³-hybridized carbons (Fsp3) is 0.500. The number of carboxylic acids is 1. The summed E-state index contributed by atoms with van der Waals surface area (Å²) in [4.78, 5) is 24.5. The number of methoxy groups -OCH3 is 1. The zero-order chi connectivity index (χ0) is 16.5. The van der Waals surface area contributed by atoms with Gasteiger partial charge in [0.1, 0.15) is 5.75 Å². The smallest absolute Gasteiger partial charge is 0.308 e. The Bertz CT molecular complexity index is 503. The maximum absolute atomic E-state index is 12.3. The molecule has 1 N–H and O–H groups in total. The van der Waals surface area contributed by atoms with Crippen molar-refractivity contribution in [2.24, 2.45) is 5.92 Å². The average molecular weight is 309 g/mol. The zero-order valence-corrected chi connectivity index (χ0v) is 13.2. The van der Waals surface area contributed by atoms with E-state index in [1.165, 1.54) is 4.90 Å². The van der Waals surface area contributed by atoms with E-state index in [2.05, 4.69) is 0 Å². The van der Waals surface area contributed by atoms with Gasteiger partial charge in [0.25, 0.3) is 5.91 Å². The number of amides is 1. The molecule has 1 amide bonds. The van der Waals surface area contributed by atoms with E-state index in [1.807, 2.05) is 0 Å². The van der Waals surface area contributed by atoms with Gasteiger partial charge in [0.15, 0.2) is 0 Å². The lowest BCUT2D eigenvalue weighted by Crippen LogP contribution is -2.33. The van der Waals surface area contributed by atoms with Gasteiger partial charge in [-0.1, -0.05) is 13.0 Å². The molecule has 0 heterocycles. The van der Waals surface area contributed by atoms with Crippen LogP contribution in [0.5, 0.6) is 5.75 Å². The lowest BCUT2D eigenvalue weighted by Gasteiger charge is -2.19. The first-order valence-corrected chi connectivity index (χ1v) is 7.15. The second-order valence-corrected chi connectivity index (χ2v) is 5.15. The zero-order valence-electron chi connectivity index (χ0n) is 13.2. The van der Waals surface area contributed by atoms with Crippen LogP contribution in [0.2, 0.25) is 0 Å². The highest BCUT2D eigenvalue weighted by Crippen LogP contribution is 2.15. The molecule has 122 valence electrons. The van der Waals surface area contributed by atoms with Crippen molar-refractivity contribution in [3.63, 3.8) is 0 Å². The predicted molar refractivity (Wildman–Crippen MR) is 82.2 cm³/mol. The van der Waals surface area contributed by atoms with Crippen LogP contribution in [-0.2, 0) is 9.53 Å². The first-order valence-electron chi connectivity index (χ1n) is 7.15. The van der Waals surface area contributed by atoms with Crippen LogP contribution in [0.3, 0.4) is 0 Å². The Kier molecular flexibility index (Phi) is 7.39. The maximum Gasteiger partial charge on any atom is 0.308 e. The lowest BCUT2D eigenvalue weighted by molar-refractivity contribution is -0.141. The van der Waals surface area contributed by atoms with Crippen molar-refractivity contribution in [3.8, 4) is 5.75 Å². The van der Waals surface area contributed by atoms with Crippen LogP contribution in [0, 0.1) is 5.92 Å². The SMILES string of the molecule is COCCCOc1cccc(C(=O)N(C)CC(C)C(=O)O)c1. The molecule has 0 aliphatic rings. The number of carbonyl (C=O) groups is 2. The number of rotatable bonds is 9. The normalized spacial score (nSPS) is 11.8. The number of ether oxygens (including phenoxy) is 2. The van der Waals surface area contributed by atoms with Crippen LogP contribution in [-0.4, -0.2) is 55.8 Å². The molecule has 1 aromatic rings.